The van der Waals surface area contributed by atoms with Gasteiger partial charge >= 0.3 is 6.18 Å². The average molecular weight is 319 g/mol. The summed E-state index contributed by atoms with van der Waals surface area (Å²) in [6.07, 6.45) is -3.33. The maximum absolute atomic E-state index is 13.3. The predicted molar refractivity (Wildman–Crippen MR) is 71.4 cm³/mol. The average Bonchev–Trinajstić information content (AvgIpc) is 2.36. The minimum absolute atomic E-state index is 0.0286. The Kier molecular flexibility index (Phi) is 4.46. The molecular formula is C14H11ClF4N2. The third-order valence-corrected chi connectivity index (χ3v) is 2.98. The van der Waals surface area contributed by atoms with Crippen LogP contribution in [-0.4, -0.2) is 9.97 Å². The zero-order valence-corrected chi connectivity index (χ0v) is 11.8. The fourth-order valence-corrected chi connectivity index (χ4v) is 2.12. The predicted octanol–water partition coefficient (Wildman–Crippen LogP) is 4.91. The van der Waals surface area contributed by atoms with Gasteiger partial charge in [-0.05, 0) is 30.7 Å². The Morgan fingerprint density at radius 2 is 1.86 bits per heavy atom. The van der Waals surface area contributed by atoms with Gasteiger partial charge in [0.05, 0.1) is 5.56 Å². The quantitative estimate of drug-likeness (QED) is 0.593. The Labute approximate surface area is 123 Å². The molecule has 0 atom stereocenters. The van der Waals surface area contributed by atoms with Gasteiger partial charge in [-0.3, -0.25) is 0 Å². The van der Waals surface area contributed by atoms with Gasteiger partial charge in [0.2, 0.25) is 0 Å². The van der Waals surface area contributed by atoms with Crippen molar-refractivity contribution in [2.75, 3.05) is 0 Å². The van der Waals surface area contributed by atoms with Crippen molar-refractivity contribution in [2.45, 2.75) is 25.9 Å². The summed E-state index contributed by atoms with van der Waals surface area (Å²) in [5.41, 5.74) is -0.888. The topological polar surface area (TPSA) is 25.8 Å². The summed E-state index contributed by atoms with van der Waals surface area (Å²) in [4.78, 5) is 7.84. The zero-order valence-electron chi connectivity index (χ0n) is 11.0. The van der Waals surface area contributed by atoms with E-state index in [0.717, 1.165) is 18.6 Å². The van der Waals surface area contributed by atoms with Gasteiger partial charge in [-0.1, -0.05) is 24.9 Å². The summed E-state index contributed by atoms with van der Waals surface area (Å²) in [6.45, 7) is 1.90. The van der Waals surface area contributed by atoms with E-state index < -0.39 is 23.1 Å². The molecule has 2 nitrogen and oxygen atoms in total. The standard InChI is InChI=1S/C14H11ClF4N2/c1-2-3-9-7-12(15)21-13(20-9)10-6-8(16)4-5-11(10)14(17,18)19/h4-7H,2-3H2,1H3. The van der Waals surface area contributed by atoms with Crippen LogP contribution in [-0.2, 0) is 12.6 Å². The Hall–Kier alpha value is -1.69. The molecule has 0 saturated heterocycles. The molecule has 0 saturated carbocycles. The molecule has 0 radical (unpaired) electrons. The van der Waals surface area contributed by atoms with Crippen LogP contribution < -0.4 is 0 Å². The van der Waals surface area contributed by atoms with Crippen LogP contribution in [0.5, 0.6) is 0 Å². The van der Waals surface area contributed by atoms with Crippen LogP contribution in [0.1, 0.15) is 24.6 Å². The summed E-state index contributed by atoms with van der Waals surface area (Å²) < 4.78 is 52.3. The second-order valence-electron chi connectivity index (χ2n) is 4.44. The Morgan fingerprint density at radius 3 is 2.48 bits per heavy atom. The van der Waals surface area contributed by atoms with E-state index in [1.165, 1.54) is 6.07 Å². The first-order valence-electron chi connectivity index (χ1n) is 6.22. The van der Waals surface area contributed by atoms with Gasteiger partial charge in [0, 0.05) is 11.3 Å². The molecule has 0 unspecified atom stereocenters. The van der Waals surface area contributed by atoms with Gasteiger partial charge in [-0.15, -0.1) is 0 Å². The van der Waals surface area contributed by atoms with Crippen LogP contribution >= 0.6 is 11.6 Å². The molecule has 0 aliphatic rings. The molecule has 112 valence electrons. The molecule has 21 heavy (non-hydrogen) atoms. The lowest BCUT2D eigenvalue weighted by molar-refractivity contribution is -0.137. The number of hydrogen-bond acceptors (Lipinski definition) is 2. The second kappa shape index (κ2) is 5.97. The summed E-state index contributed by atoms with van der Waals surface area (Å²) in [5, 5.41) is 0.0286. The Bertz CT molecular complexity index is 656. The van der Waals surface area contributed by atoms with Gasteiger partial charge in [0.25, 0.3) is 0 Å². The van der Waals surface area contributed by atoms with Gasteiger partial charge in [0.1, 0.15) is 11.0 Å². The molecule has 1 heterocycles. The van der Waals surface area contributed by atoms with E-state index in [1.807, 2.05) is 6.92 Å². The highest BCUT2D eigenvalue weighted by molar-refractivity contribution is 6.29. The maximum Gasteiger partial charge on any atom is 0.417 e. The molecule has 0 bridgehead atoms. The van der Waals surface area contributed by atoms with E-state index in [0.29, 0.717) is 18.2 Å². The SMILES string of the molecule is CCCc1cc(Cl)nc(-c2cc(F)ccc2C(F)(F)F)n1. The van der Waals surface area contributed by atoms with E-state index in [-0.39, 0.29) is 11.0 Å². The molecule has 0 N–H and O–H groups in total. The van der Waals surface area contributed by atoms with E-state index in [2.05, 4.69) is 9.97 Å². The van der Waals surface area contributed by atoms with Crippen molar-refractivity contribution in [1.29, 1.82) is 0 Å². The molecule has 0 fully saturated rings. The molecule has 0 aliphatic carbocycles. The van der Waals surface area contributed by atoms with Gasteiger partial charge in [-0.2, -0.15) is 13.2 Å². The largest absolute Gasteiger partial charge is 0.417 e. The van der Waals surface area contributed by atoms with Crippen molar-refractivity contribution in [1.82, 2.24) is 9.97 Å². The van der Waals surface area contributed by atoms with Crippen LogP contribution in [0.3, 0.4) is 0 Å². The molecule has 0 aliphatic heterocycles. The third kappa shape index (κ3) is 3.69. The lowest BCUT2D eigenvalue weighted by Crippen LogP contribution is -2.09. The van der Waals surface area contributed by atoms with Crippen molar-refractivity contribution >= 4 is 11.6 Å². The third-order valence-electron chi connectivity index (χ3n) is 2.78. The zero-order chi connectivity index (χ0) is 15.6. The van der Waals surface area contributed by atoms with Crippen LogP contribution in [0.2, 0.25) is 5.15 Å². The van der Waals surface area contributed by atoms with Gasteiger partial charge in [0.15, 0.2) is 5.82 Å². The lowest BCUT2D eigenvalue weighted by atomic mass is 10.1. The van der Waals surface area contributed by atoms with Gasteiger partial charge in [-0.25, -0.2) is 14.4 Å². The van der Waals surface area contributed by atoms with Crippen LogP contribution in [0.15, 0.2) is 24.3 Å². The Morgan fingerprint density at radius 1 is 1.14 bits per heavy atom. The smallest absolute Gasteiger partial charge is 0.233 e. The summed E-state index contributed by atoms with van der Waals surface area (Å²) in [7, 11) is 0. The Balaban J connectivity index is 2.63. The minimum atomic E-state index is -4.63. The van der Waals surface area contributed by atoms with Crippen LogP contribution in [0, 0.1) is 5.82 Å². The highest BCUT2D eigenvalue weighted by Gasteiger charge is 2.34. The maximum atomic E-state index is 13.3. The van der Waals surface area contributed by atoms with Crippen molar-refractivity contribution < 1.29 is 17.6 Å². The summed E-state index contributed by atoms with van der Waals surface area (Å²) in [6, 6.07) is 3.68. The van der Waals surface area contributed by atoms with E-state index in [1.54, 1.807) is 0 Å². The number of hydrogen-bond donors (Lipinski definition) is 0. The molecule has 1 aromatic heterocycles. The van der Waals surface area contributed by atoms with Crippen molar-refractivity contribution in [3.05, 3.63) is 46.5 Å². The van der Waals surface area contributed by atoms with Crippen LogP contribution in [0.4, 0.5) is 17.6 Å². The monoisotopic (exact) mass is 318 g/mol. The highest BCUT2D eigenvalue weighted by Crippen LogP contribution is 2.36. The molecule has 0 amide bonds. The first-order chi connectivity index (χ1) is 9.81. The highest BCUT2D eigenvalue weighted by atomic mass is 35.5. The van der Waals surface area contributed by atoms with Crippen molar-refractivity contribution in [3.8, 4) is 11.4 Å². The van der Waals surface area contributed by atoms with E-state index in [4.69, 9.17) is 11.6 Å². The molecule has 2 aromatic rings. The number of halogens is 5. The molecular weight excluding hydrogens is 308 g/mol. The number of nitrogens with zero attached hydrogens (tertiary/aromatic N) is 2. The molecule has 7 heteroatoms. The molecule has 2 rings (SSSR count). The van der Waals surface area contributed by atoms with E-state index in [9.17, 15) is 17.6 Å². The molecule has 1 aromatic carbocycles. The van der Waals surface area contributed by atoms with E-state index >= 15 is 0 Å². The van der Waals surface area contributed by atoms with Crippen LogP contribution in [0.25, 0.3) is 11.4 Å². The summed E-state index contributed by atoms with van der Waals surface area (Å²) >= 11 is 5.82. The number of alkyl halides is 3. The normalized spacial score (nSPS) is 11.7. The fourth-order valence-electron chi connectivity index (χ4n) is 1.92. The number of aromatic nitrogens is 2. The number of aryl methyl sites for hydroxylation is 1. The first kappa shape index (κ1) is 15.7. The lowest BCUT2D eigenvalue weighted by Gasteiger charge is -2.12. The first-order valence-corrected chi connectivity index (χ1v) is 6.59. The number of rotatable bonds is 3. The second-order valence-corrected chi connectivity index (χ2v) is 4.83. The van der Waals surface area contributed by atoms with Crippen molar-refractivity contribution in [2.24, 2.45) is 0 Å². The van der Waals surface area contributed by atoms with Crippen molar-refractivity contribution in [3.63, 3.8) is 0 Å². The van der Waals surface area contributed by atoms with Gasteiger partial charge < -0.3 is 0 Å². The summed E-state index contributed by atoms with van der Waals surface area (Å²) in [5.74, 6) is -1.02. The molecule has 0 spiro atoms. The number of benzene rings is 1. The fraction of sp³-hybridized carbons (Fsp3) is 0.286. The minimum Gasteiger partial charge on any atom is -0.233 e.